The van der Waals surface area contributed by atoms with Crippen molar-refractivity contribution < 1.29 is 13.5 Å². The van der Waals surface area contributed by atoms with Crippen molar-refractivity contribution in [1.29, 1.82) is 0 Å². The Kier molecular flexibility index (Phi) is 3.42. The molecule has 1 fully saturated rings. The summed E-state index contributed by atoms with van der Waals surface area (Å²) in [7, 11) is 0. The van der Waals surface area contributed by atoms with Crippen LogP contribution in [0.25, 0.3) is 0 Å². The van der Waals surface area contributed by atoms with Crippen molar-refractivity contribution in [2.24, 2.45) is 5.84 Å². The molecule has 0 radical (unpaired) electrons. The molecule has 2 atom stereocenters. The number of nitrogens with one attached hydrogen (secondary N) is 1. The summed E-state index contributed by atoms with van der Waals surface area (Å²) in [5.41, 5.74) is 1.75. The van der Waals surface area contributed by atoms with Crippen LogP contribution in [0.15, 0.2) is 18.2 Å². The second-order valence-electron chi connectivity index (χ2n) is 4.50. The highest BCUT2D eigenvalue weighted by atomic mass is 19.1. The molecule has 17 heavy (non-hydrogen) atoms. The summed E-state index contributed by atoms with van der Waals surface area (Å²) < 4.78 is 33.0. The quantitative estimate of drug-likeness (QED) is 0.630. The lowest BCUT2D eigenvalue weighted by Crippen LogP contribution is -2.45. The lowest BCUT2D eigenvalue weighted by Gasteiger charge is -2.33. The maximum Gasteiger partial charge on any atom is 0.131 e. The van der Waals surface area contributed by atoms with Gasteiger partial charge in [-0.25, -0.2) is 14.2 Å². The second kappa shape index (κ2) is 4.68. The van der Waals surface area contributed by atoms with Gasteiger partial charge in [-0.3, -0.25) is 5.84 Å². The SMILES string of the molecule is CC1(C(NN)c2c(F)cccc2F)CCCO1. The molecule has 1 aliphatic heterocycles. The van der Waals surface area contributed by atoms with E-state index in [0.29, 0.717) is 6.61 Å². The summed E-state index contributed by atoms with van der Waals surface area (Å²) in [6.07, 6.45) is 1.58. The Morgan fingerprint density at radius 3 is 2.53 bits per heavy atom. The van der Waals surface area contributed by atoms with Crippen LogP contribution in [0.1, 0.15) is 31.4 Å². The molecule has 0 bridgehead atoms. The number of rotatable bonds is 3. The summed E-state index contributed by atoms with van der Waals surface area (Å²) >= 11 is 0. The van der Waals surface area contributed by atoms with E-state index in [0.717, 1.165) is 12.8 Å². The minimum Gasteiger partial charge on any atom is -0.373 e. The molecule has 1 aliphatic rings. The molecule has 1 aromatic rings. The molecule has 3 N–H and O–H groups in total. The van der Waals surface area contributed by atoms with Crippen LogP contribution in [-0.2, 0) is 4.74 Å². The first-order chi connectivity index (χ1) is 8.08. The van der Waals surface area contributed by atoms with Gasteiger partial charge in [0.2, 0.25) is 0 Å². The van der Waals surface area contributed by atoms with Crippen molar-refractivity contribution >= 4 is 0 Å². The lowest BCUT2D eigenvalue weighted by atomic mass is 9.87. The lowest BCUT2D eigenvalue weighted by molar-refractivity contribution is -0.0144. The Hall–Kier alpha value is -1.04. The number of halogens is 2. The van der Waals surface area contributed by atoms with Gasteiger partial charge in [-0.05, 0) is 31.9 Å². The maximum atomic E-state index is 13.7. The van der Waals surface area contributed by atoms with E-state index in [4.69, 9.17) is 10.6 Å². The summed E-state index contributed by atoms with van der Waals surface area (Å²) in [5.74, 6) is 4.23. The van der Waals surface area contributed by atoms with Gasteiger partial charge in [-0.1, -0.05) is 6.07 Å². The topological polar surface area (TPSA) is 47.3 Å². The van der Waals surface area contributed by atoms with Crippen LogP contribution < -0.4 is 11.3 Å². The van der Waals surface area contributed by atoms with Crippen molar-refractivity contribution in [3.05, 3.63) is 35.4 Å². The zero-order chi connectivity index (χ0) is 12.5. The highest BCUT2D eigenvalue weighted by molar-refractivity contribution is 5.26. The molecule has 2 rings (SSSR count). The van der Waals surface area contributed by atoms with Gasteiger partial charge in [0.1, 0.15) is 11.6 Å². The van der Waals surface area contributed by atoms with E-state index >= 15 is 0 Å². The van der Waals surface area contributed by atoms with Crippen molar-refractivity contribution in [2.75, 3.05) is 6.61 Å². The third-order valence-corrected chi connectivity index (χ3v) is 3.32. The molecule has 1 heterocycles. The molecule has 0 aliphatic carbocycles. The number of benzene rings is 1. The number of hydrazine groups is 1. The largest absolute Gasteiger partial charge is 0.373 e. The zero-order valence-electron chi connectivity index (χ0n) is 9.67. The standard InChI is InChI=1S/C12H16F2N2O/c1-12(6-3-7-17-12)11(16-15)10-8(13)4-2-5-9(10)14/h2,4-5,11,16H,3,6-7,15H2,1H3. The molecule has 1 aromatic carbocycles. The van der Waals surface area contributed by atoms with Gasteiger partial charge in [0.05, 0.1) is 11.6 Å². The third kappa shape index (κ3) is 2.18. The van der Waals surface area contributed by atoms with Crippen LogP contribution in [0.5, 0.6) is 0 Å². The van der Waals surface area contributed by atoms with Gasteiger partial charge in [0.15, 0.2) is 0 Å². The normalized spacial score (nSPS) is 26.1. The number of nitrogens with two attached hydrogens (primary N) is 1. The summed E-state index contributed by atoms with van der Waals surface area (Å²) in [5, 5.41) is 0. The Balaban J connectivity index is 2.41. The Labute approximate surface area is 98.9 Å². The maximum absolute atomic E-state index is 13.7. The van der Waals surface area contributed by atoms with E-state index in [2.05, 4.69) is 5.43 Å². The molecule has 0 saturated carbocycles. The molecule has 0 spiro atoms. The molecule has 0 amide bonds. The summed E-state index contributed by atoms with van der Waals surface area (Å²) in [6, 6.07) is 3.09. The van der Waals surface area contributed by atoms with Gasteiger partial charge in [-0.2, -0.15) is 0 Å². The molecule has 1 saturated heterocycles. The highest BCUT2D eigenvalue weighted by Gasteiger charge is 2.41. The van der Waals surface area contributed by atoms with E-state index in [1.54, 1.807) is 0 Å². The van der Waals surface area contributed by atoms with Crippen LogP contribution in [0.3, 0.4) is 0 Å². The van der Waals surface area contributed by atoms with Crippen LogP contribution in [-0.4, -0.2) is 12.2 Å². The molecule has 2 unspecified atom stereocenters. The van der Waals surface area contributed by atoms with Gasteiger partial charge in [0, 0.05) is 12.2 Å². The molecular formula is C12H16F2N2O. The van der Waals surface area contributed by atoms with Crippen LogP contribution in [0.2, 0.25) is 0 Å². The molecule has 94 valence electrons. The fourth-order valence-corrected chi connectivity index (χ4v) is 2.38. The van der Waals surface area contributed by atoms with Crippen LogP contribution in [0.4, 0.5) is 8.78 Å². The molecule has 5 heteroatoms. The van der Waals surface area contributed by atoms with E-state index in [1.807, 2.05) is 6.92 Å². The minimum atomic E-state index is -0.689. The predicted molar refractivity (Wildman–Crippen MR) is 60.0 cm³/mol. The van der Waals surface area contributed by atoms with E-state index < -0.39 is 23.3 Å². The number of hydrogen-bond acceptors (Lipinski definition) is 3. The first-order valence-corrected chi connectivity index (χ1v) is 5.62. The van der Waals surface area contributed by atoms with E-state index in [-0.39, 0.29) is 5.56 Å². The average molecular weight is 242 g/mol. The monoisotopic (exact) mass is 242 g/mol. The van der Waals surface area contributed by atoms with Crippen LogP contribution >= 0.6 is 0 Å². The van der Waals surface area contributed by atoms with E-state index in [1.165, 1.54) is 18.2 Å². The van der Waals surface area contributed by atoms with Gasteiger partial charge < -0.3 is 4.74 Å². The van der Waals surface area contributed by atoms with Crippen molar-refractivity contribution in [1.82, 2.24) is 5.43 Å². The minimum absolute atomic E-state index is 0.0561. The fourth-order valence-electron chi connectivity index (χ4n) is 2.38. The molecule has 3 nitrogen and oxygen atoms in total. The number of ether oxygens (including phenoxy) is 1. The summed E-state index contributed by atoms with van der Waals surface area (Å²) in [4.78, 5) is 0. The Morgan fingerprint density at radius 1 is 1.41 bits per heavy atom. The van der Waals surface area contributed by atoms with Crippen molar-refractivity contribution in [3.8, 4) is 0 Å². The first kappa shape index (κ1) is 12.4. The van der Waals surface area contributed by atoms with Crippen LogP contribution in [0, 0.1) is 11.6 Å². The van der Waals surface area contributed by atoms with Gasteiger partial charge in [0.25, 0.3) is 0 Å². The third-order valence-electron chi connectivity index (χ3n) is 3.32. The number of hydrogen-bond donors (Lipinski definition) is 2. The Bertz CT molecular complexity index is 385. The zero-order valence-corrected chi connectivity index (χ0v) is 9.67. The highest BCUT2D eigenvalue weighted by Crippen LogP contribution is 2.38. The molecule has 0 aromatic heterocycles. The van der Waals surface area contributed by atoms with E-state index in [9.17, 15) is 8.78 Å². The fraction of sp³-hybridized carbons (Fsp3) is 0.500. The average Bonchev–Trinajstić information content (AvgIpc) is 2.71. The van der Waals surface area contributed by atoms with Gasteiger partial charge >= 0.3 is 0 Å². The Morgan fingerprint density at radius 2 is 2.06 bits per heavy atom. The summed E-state index contributed by atoms with van der Waals surface area (Å²) in [6.45, 7) is 2.40. The second-order valence-corrected chi connectivity index (χ2v) is 4.50. The van der Waals surface area contributed by atoms with Crippen molar-refractivity contribution in [3.63, 3.8) is 0 Å². The van der Waals surface area contributed by atoms with Crippen molar-refractivity contribution in [2.45, 2.75) is 31.4 Å². The molecular weight excluding hydrogens is 226 g/mol. The predicted octanol–water partition coefficient (Wildman–Crippen LogP) is 2.04. The first-order valence-electron chi connectivity index (χ1n) is 5.62. The smallest absolute Gasteiger partial charge is 0.131 e. The van der Waals surface area contributed by atoms with Gasteiger partial charge in [-0.15, -0.1) is 0 Å².